The van der Waals surface area contributed by atoms with Gasteiger partial charge in [0.05, 0.1) is 7.11 Å². The van der Waals surface area contributed by atoms with Crippen molar-refractivity contribution in [3.05, 3.63) is 58.6 Å². The van der Waals surface area contributed by atoms with E-state index in [1.807, 2.05) is 42.5 Å². The summed E-state index contributed by atoms with van der Waals surface area (Å²) in [5.41, 5.74) is 2.57. The van der Waals surface area contributed by atoms with Crippen LogP contribution in [0.25, 0.3) is 0 Å². The van der Waals surface area contributed by atoms with Gasteiger partial charge in [0.25, 0.3) is 0 Å². The average molecular weight is 333 g/mol. The summed E-state index contributed by atoms with van der Waals surface area (Å²) in [5, 5.41) is 0.755. The van der Waals surface area contributed by atoms with Gasteiger partial charge in [-0.15, -0.1) is 0 Å². The van der Waals surface area contributed by atoms with Gasteiger partial charge in [-0.25, -0.2) is 0 Å². The molecule has 0 atom stereocenters. The minimum absolute atomic E-state index is 0.287. The maximum absolute atomic E-state index is 6.15. The van der Waals surface area contributed by atoms with Crippen LogP contribution in [0.3, 0.4) is 0 Å². The molecule has 0 spiro atoms. The van der Waals surface area contributed by atoms with Gasteiger partial charge >= 0.3 is 0 Å². The van der Waals surface area contributed by atoms with Crippen molar-refractivity contribution < 1.29 is 9.47 Å². The summed E-state index contributed by atoms with van der Waals surface area (Å²) in [6.45, 7) is 7.27. The van der Waals surface area contributed by atoms with E-state index in [-0.39, 0.29) is 5.41 Å². The van der Waals surface area contributed by atoms with Gasteiger partial charge < -0.3 is 9.47 Å². The normalized spacial score (nSPS) is 11.3. The van der Waals surface area contributed by atoms with Crippen molar-refractivity contribution in [1.82, 2.24) is 0 Å². The Morgan fingerprint density at radius 3 is 2.30 bits per heavy atom. The molecule has 0 radical (unpaired) electrons. The maximum Gasteiger partial charge on any atom is 0.123 e. The summed E-state index contributed by atoms with van der Waals surface area (Å²) >= 11 is 6.15. The highest BCUT2D eigenvalue weighted by molar-refractivity contribution is 6.30. The van der Waals surface area contributed by atoms with E-state index in [4.69, 9.17) is 21.1 Å². The highest BCUT2D eigenvalue weighted by atomic mass is 35.5. The molecule has 0 heterocycles. The van der Waals surface area contributed by atoms with Crippen molar-refractivity contribution in [3.8, 4) is 11.5 Å². The molecule has 0 aliphatic rings. The molecular weight excluding hydrogens is 308 g/mol. The second kappa shape index (κ2) is 7.74. The first kappa shape index (κ1) is 17.7. The van der Waals surface area contributed by atoms with E-state index < -0.39 is 0 Å². The monoisotopic (exact) mass is 332 g/mol. The molecule has 0 aromatic heterocycles. The topological polar surface area (TPSA) is 18.5 Å². The maximum atomic E-state index is 6.15. The van der Waals surface area contributed by atoms with Crippen LogP contribution in [0.15, 0.2) is 42.5 Å². The molecule has 23 heavy (non-hydrogen) atoms. The molecule has 0 fully saturated rings. The molecule has 0 amide bonds. The minimum atomic E-state index is 0.287. The van der Waals surface area contributed by atoms with E-state index >= 15 is 0 Å². The molecule has 0 saturated heterocycles. The molecule has 0 N–H and O–H groups in total. The van der Waals surface area contributed by atoms with Crippen LogP contribution in [0.5, 0.6) is 11.5 Å². The number of methoxy groups -OCH3 is 1. The van der Waals surface area contributed by atoms with Gasteiger partial charge in [-0.3, -0.25) is 0 Å². The fraction of sp³-hybridized carbons (Fsp3) is 0.400. The van der Waals surface area contributed by atoms with Gasteiger partial charge in [-0.05, 0) is 59.7 Å². The summed E-state index contributed by atoms with van der Waals surface area (Å²) in [6.07, 6.45) is 2.05. The van der Waals surface area contributed by atoms with Crippen LogP contribution in [0.4, 0.5) is 0 Å². The molecule has 3 heteroatoms. The second-order valence-corrected chi connectivity index (χ2v) is 7.39. The molecule has 0 aliphatic carbocycles. The Balaban J connectivity index is 2.06. The van der Waals surface area contributed by atoms with E-state index in [0.29, 0.717) is 6.61 Å². The Kier molecular flexibility index (Phi) is 5.95. The Morgan fingerprint density at radius 2 is 1.70 bits per heavy atom. The van der Waals surface area contributed by atoms with E-state index in [0.717, 1.165) is 34.9 Å². The summed E-state index contributed by atoms with van der Waals surface area (Å²) in [6, 6.07) is 13.8. The molecule has 2 rings (SSSR count). The predicted molar refractivity (Wildman–Crippen MR) is 96.6 cm³/mol. The zero-order valence-corrected chi connectivity index (χ0v) is 15.1. The molecule has 0 aliphatic heterocycles. The highest BCUT2D eigenvalue weighted by Gasteiger charge is 2.13. The van der Waals surface area contributed by atoms with Crippen LogP contribution in [-0.2, 0) is 13.0 Å². The molecular formula is C20H25ClO2. The van der Waals surface area contributed by atoms with Crippen LogP contribution >= 0.6 is 11.6 Å². The Morgan fingerprint density at radius 1 is 1.00 bits per heavy atom. The molecule has 0 saturated carbocycles. The van der Waals surface area contributed by atoms with Gasteiger partial charge in [-0.2, -0.15) is 0 Å². The van der Waals surface area contributed by atoms with Gasteiger partial charge in [0, 0.05) is 5.02 Å². The number of rotatable bonds is 6. The van der Waals surface area contributed by atoms with Gasteiger partial charge in [-0.1, -0.05) is 44.5 Å². The number of ether oxygens (including phenoxy) is 2. The van der Waals surface area contributed by atoms with E-state index in [9.17, 15) is 0 Å². The third kappa shape index (κ3) is 5.80. The largest absolute Gasteiger partial charge is 0.497 e. The van der Waals surface area contributed by atoms with E-state index in [2.05, 4.69) is 20.8 Å². The lowest BCUT2D eigenvalue weighted by Crippen LogP contribution is -2.07. The van der Waals surface area contributed by atoms with Crippen LogP contribution in [0, 0.1) is 5.41 Å². The Hall–Kier alpha value is -1.67. The van der Waals surface area contributed by atoms with E-state index in [1.54, 1.807) is 7.11 Å². The first-order chi connectivity index (χ1) is 10.9. The summed E-state index contributed by atoms with van der Waals surface area (Å²) in [4.78, 5) is 0. The lowest BCUT2D eigenvalue weighted by atomic mass is 9.88. The first-order valence-corrected chi connectivity index (χ1v) is 8.29. The van der Waals surface area contributed by atoms with Crippen LogP contribution in [0.1, 0.15) is 38.3 Å². The molecule has 2 nitrogen and oxygen atoms in total. The highest BCUT2D eigenvalue weighted by Crippen LogP contribution is 2.29. The second-order valence-electron chi connectivity index (χ2n) is 6.95. The standard InChI is InChI=1S/C20H25ClO2/c1-20(2,3)12-11-16-13-17(21)7-10-19(16)23-14-15-5-8-18(22-4)9-6-15/h5-10,13H,11-12,14H2,1-4H3. The SMILES string of the molecule is COc1ccc(COc2ccc(Cl)cc2CCC(C)(C)C)cc1. The molecule has 0 bridgehead atoms. The number of hydrogen-bond donors (Lipinski definition) is 0. The van der Waals surface area contributed by atoms with Crippen molar-refractivity contribution in [1.29, 1.82) is 0 Å². The summed E-state index contributed by atoms with van der Waals surface area (Å²) < 4.78 is 11.2. The third-order valence-electron chi connectivity index (χ3n) is 3.72. The zero-order valence-electron chi connectivity index (χ0n) is 14.4. The lowest BCUT2D eigenvalue weighted by molar-refractivity contribution is 0.299. The number of aryl methyl sites for hydroxylation is 1. The smallest absolute Gasteiger partial charge is 0.123 e. The lowest BCUT2D eigenvalue weighted by Gasteiger charge is -2.19. The van der Waals surface area contributed by atoms with Crippen molar-refractivity contribution in [2.24, 2.45) is 5.41 Å². The van der Waals surface area contributed by atoms with Crippen molar-refractivity contribution in [2.45, 2.75) is 40.2 Å². The van der Waals surface area contributed by atoms with Crippen molar-refractivity contribution in [3.63, 3.8) is 0 Å². The molecule has 0 unspecified atom stereocenters. The number of hydrogen-bond acceptors (Lipinski definition) is 2. The zero-order chi connectivity index (χ0) is 16.9. The Labute approximate surface area is 144 Å². The Bertz CT molecular complexity index is 627. The van der Waals surface area contributed by atoms with Gasteiger partial charge in [0.15, 0.2) is 0 Å². The molecule has 2 aromatic carbocycles. The number of benzene rings is 2. The van der Waals surface area contributed by atoms with Crippen molar-refractivity contribution in [2.75, 3.05) is 7.11 Å². The average Bonchev–Trinajstić information content (AvgIpc) is 2.52. The first-order valence-electron chi connectivity index (χ1n) is 7.91. The van der Waals surface area contributed by atoms with Crippen LogP contribution in [-0.4, -0.2) is 7.11 Å². The van der Waals surface area contributed by atoms with Crippen molar-refractivity contribution >= 4 is 11.6 Å². The van der Waals surface area contributed by atoms with Crippen LogP contribution in [0.2, 0.25) is 5.02 Å². The van der Waals surface area contributed by atoms with Gasteiger partial charge in [0.1, 0.15) is 18.1 Å². The van der Waals surface area contributed by atoms with E-state index in [1.165, 1.54) is 5.56 Å². The fourth-order valence-electron chi connectivity index (χ4n) is 2.28. The summed E-state index contributed by atoms with van der Waals surface area (Å²) in [7, 11) is 1.67. The van der Waals surface area contributed by atoms with Gasteiger partial charge in [0.2, 0.25) is 0 Å². The summed E-state index contributed by atoms with van der Waals surface area (Å²) in [5.74, 6) is 1.76. The fourth-order valence-corrected chi connectivity index (χ4v) is 2.47. The third-order valence-corrected chi connectivity index (χ3v) is 3.96. The minimum Gasteiger partial charge on any atom is -0.497 e. The number of halogens is 1. The quantitative estimate of drug-likeness (QED) is 0.655. The predicted octanol–water partition coefficient (Wildman–Crippen LogP) is 5.91. The molecule has 124 valence electrons. The van der Waals surface area contributed by atoms with Crippen LogP contribution < -0.4 is 9.47 Å². The molecule has 2 aromatic rings.